The molecule has 0 radical (unpaired) electrons. The van der Waals surface area contributed by atoms with Gasteiger partial charge in [-0.05, 0) is 26.3 Å². The average Bonchev–Trinajstić information content (AvgIpc) is 2.51. The summed E-state index contributed by atoms with van der Waals surface area (Å²) in [7, 11) is 3.12. The fraction of sp³-hybridized carbons (Fsp3) is 0.667. The zero-order chi connectivity index (χ0) is 16.3. The first-order chi connectivity index (χ1) is 10.4. The molecule has 0 spiro atoms. The number of rotatable bonds is 4. The van der Waals surface area contributed by atoms with Crippen LogP contribution in [0.5, 0.6) is 0 Å². The van der Waals surface area contributed by atoms with Gasteiger partial charge in [-0.25, -0.2) is 4.79 Å². The molecule has 0 aromatic carbocycles. The molecule has 0 amide bonds. The van der Waals surface area contributed by atoms with Crippen LogP contribution >= 0.6 is 0 Å². The van der Waals surface area contributed by atoms with Crippen LogP contribution in [0.2, 0.25) is 0 Å². The van der Waals surface area contributed by atoms with Crippen LogP contribution < -0.4 is 11.2 Å². The van der Waals surface area contributed by atoms with Gasteiger partial charge in [0, 0.05) is 38.9 Å². The van der Waals surface area contributed by atoms with E-state index in [9.17, 15) is 14.4 Å². The second-order valence-corrected chi connectivity index (χ2v) is 5.70. The van der Waals surface area contributed by atoms with Gasteiger partial charge in [-0.2, -0.15) is 0 Å². The lowest BCUT2D eigenvalue weighted by molar-refractivity contribution is -0.150. The van der Waals surface area contributed by atoms with Gasteiger partial charge in [-0.15, -0.1) is 0 Å². The summed E-state index contributed by atoms with van der Waals surface area (Å²) < 4.78 is 7.65. The molecule has 1 aromatic heterocycles. The molecular weight excluding hydrogens is 286 g/mol. The van der Waals surface area contributed by atoms with Gasteiger partial charge in [-0.3, -0.25) is 23.6 Å². The molecule has 1 unspecified atom stereocenters. The van der Waals surface area contributed by atoms with Crippen molar-refractivity contribution in [3.63, 3.8) is 0 Å². The highest BCUT2D eigenvalue weighted by atomic mass is 16.5. The Hall–Kier alpha value is -1.89. The maximum Gasteiger partial charge on any atom is 0.330 e. The van der Waals surface area contributed by atoms with Crippen molar-refractivity contribution in [1.82, 2.24) is 14.0 Å². The van der Waals surface area contributed by atoms with Crippen molar-refractivity contribution < 1.29 is 9.53 Å². The molecule has 1 aliphatic rings. The van der Waals surface area contributed by atoms with Crippen molar-refractivity contribution in [2.45, 2.75) is 26.3 Å². The van der Waals surface area contributed by atoms with Gasteiger partial charge in [0.2, 0.25) is 0 Å². The number of hydrogen-bond donors (Lipinski definition) is 0. The fourth-order valence-corrected chi connectivity index (χ4v) is 2.81. The van der Waals surface area contributed by atoms with E-state index in [0.717, 1.165) is 24.0 Å². The quantitative estimate of drug-likeness (QED) is 0.724. The zero-order valence-corrected chi connectivity index (χ0v) is 13.4. The Kier molecular flexibility index (Phi) is 5.18. The minimum atomic E-state index is -0.332. The van der Waals surface area contributed by atoms with E-state index in [1.54, 1.807) is 14.0 Å². The van der Waals surface area contributed by atoms with Gasteiger partial charge < -0.3 is 4.74 Å². The Morgan fingerprint density at radius 3 is 2.73 bits per heavy atom. The predicted octanol–water partition coefficient (Wildman–Crippen LogP) is -0.141. The number of hydrogen-bond acceptors (Lipinski definition) is 5. The number of esters is 1. The predicted molar refractivity (Wildman–Crippen MR) is 81.6 cm³/mol. The molecule has 0 aliphatic carbocycles. The van der Waals surface area contributed by atoms with Gasteiger partial charge >= 0.3 is 11.7 Å². The van der Waals surface area contributed by atoms with Crippen molar-refractivity contribution in [3.05, 3.63) is 32.6 Å². The summed E-state index contributed by atoms with van der Waals surface area (Å²) in [6, 6.07) is 1.48. The molecule has 1 aromatic rings. The molecule has 0 saturated carbocycles. The van der Waals surface area contributed by atoms with E-state index in [2.05, 4.69) is 4.90 Å². The van der Waals surface area contributed by atoms with Gasteiger partial charge in [0.1, 0.15) is 0 Å². The second-order valence-electron chi connectivity index (χ2n) is 5.70. The molecule has 1 atom stereocenters. The highest BCUT2D eigenvalue weighted by Gasteiger charge is 2.27. The third-order valence-electron chi connectivity index (χ3n) is 4.14. The van der Waals surface area contributed by atoms with E-state index in [1.807, 2.05) is 0 Å². The molecule has 22 heavy (non-hydrogen) atoms. The molecular formula is C15H23N3O4. The first kappa shape index (κ1) is 16.5. The number of aromatic nitrogens is 2. The largest absolute Gasteiger partial charge is 0.466 e. The maximum absolute atomic E-state index is 11.9. The van der Waals surface area contributed by atoms with Crippen LogP contribution in [0.15, 0.2) is 15.7 Å². The van der Waals surface area contributed by atoms with Crippen LogP contribution in [-0.2, 0) is 30.2 Å². The number of nitrogens with zero attached hydrogens (tertiary/aromatic N) is 3. The van der Waals surface area contributed by atoms with E-state index < -0.39 is 0 Å². The highest BCUT2D eigenvalue weighted by Crippen LogP contribution is 2.19. The van der Waals surface area contributed by atoms with Crippen LogP contribution in [0, 0.1) is 5.92 Å². The molecule has 7 nitrogen and oxygen atoms in total. The molecule has 0 N–H and O–H groups in total. The third kappa shape index (κ3) is 3.47. The van der Waals surface area contributed by atoms with E-state index in [4.69, 9.17) is 4.74 Å². The Morgan fingerprint density at radius 2 is 2.05 bits per heavy atom. The monoisotopic (exact) mass is 309 g/mol. The first-order valence-corrected chi connectivity index (χ1v) is 7.59. The van der Waals surface area contributed by atoms with E-state index >= 15 is 0 Å². The van der Waals surface area contributed by atoms with Gasteiger partial charge in [-0.1, -0.05) is 0 Å². The zero-order valence-electron chi connectivity index (χ0n) is 13.4. The fourth-order valence-electron chi connectivity index (χ4n) is 2.81. The lowest BCUT2D eigenvalue weighted by Gasteiger charge is -2.31. The highest BCUT2D eigenvalue weighted by molar-refractivity contribution is 5.72. The molecule has 2 heterocycles. The molecule has 1 fully saturated rings. The van der Waals surface area contributed by atoms with Crippen LogP contribution in [0.25, 0.3) is 0 Å². The minimum Gasteiger partial charge on any atom is -0.466 e. The summed E-state index contributed by atoms with van der Waals surface area (Å²) in [5.41, 5.74) is 0.0242. The van der Waals surface area contributed by atoms with E-state index in [0.29, 0.717) is 25.4 Å². The minimum absolute atomic E-state index is 0.128. The summed E-state index contributed by atoms with van der Waals surface area (Å²) >= 11 is 0. The third-order valence-corrected chi connectivity index (χ3v) is 4.14. The van der Waals surface area contributed by atoms with Crippen molar-refractivity contribution in [2.24, 2.45) is 20.0 Å². The van der Waals surface area contributed by atoms with Crippen molar-refractivity contribution in [1.29, 1.82) is 0 Å². The Labute approximate surface area is 129 Å². The topological polar surface area (TPSA) is 73.5 Å². The SMILES string of the molecule is CCOC(=O)C1CCCN(Cc2cc(=O)n(C)c(=O)n2C)C1. The summed E-state index contributed by atoms with van der Waals surface area (Å²) in [6.45, 7) is 4.12. The van der Waals surface area contributed by atoms with Gasteiger partial charge in [0.15, 0.2) is 0 Å². The number of ether oxygens (including phenoxy) is 1. The molecule has 0 bridgehead atoms. The smallest absolute Gasteiger partial charge is 0.330 e. The summed E-state index contributed by atoms with van der Waals surface area (Å²) in [5.74, 6) is -0.290. The normalized spacial score (nSPS) is 19.1. The number of likely N-dealkylation sites (tertiary alicyclic amines) is 1. The summed E-state index contributed by atoms with van der Waals surface area (Å²) in [5, 5.41) is 0. The maximum atomic E-state index is 11.9. The van der Waals surface area contributed by atoms with E-state index in [-0.39, 0.29) is 23.1 Å². The molecule has 7 heteroatoms. The summed E-state index contributed by atoms with van der Waals surface area (Å²) in [6.07, 6.45) is 1.73. The Balaban J connectivity index is 2.13. The Bertz CT molecular complexity index is 662. The summed E-state index contributed by atoms with van der Waals surface area (Å²) in [4.78, 5) is 37.7. The van der Waals surface area contributed by atoms with Gasteiger partial charge in [0.05, 0.1) is 12.5 Å². The second kappa shape index (κ2) is 6.91. The number of piperidine rings is 1. The molecule has 122 valence electrons. The molecule has 1 aliphatic heterocycles. The van der Waals surface area contributed by atoms with E-state index in [1.165, 1.54) is 17.7 Å². The lowest BCUT2D eigenvalue weighted by atomic mass is 9.98. The van der Waals surface area contributed by atoms with Crippen LogP contribution in [0.4, 0.5) is 0 Å². The van der Waals surface area contributed by atoms with Gasteiger partial charge in [0.25, 0.3) is 5.56 Å². The number of carbonyl (C=O) groups is 1. The molecule has 2 rings (SSSR count). The Morgan fingerprint density at radius 1 is 1.32 bits per heavy atom. The van der Waals surface area contributed by atoms with Crippen molar-refractivity contribution in [3.8, 4) is 0 Å². The van der Waals surface area contributed by atoms with Crippen molar-refractivity contribution in [2.75, 3.05) is 19.7 Å². The van der Waals surface area contributed by atoms with Crippen LogP contribution in [-0.4, -0.2) is 39.7 Å². The van der Waals surface area contributed by atoms with Crippen LogP contribution in [0.3, 0.4) is 0 Å². The molecule has 1 saturated heterocycles. The average molecular weight is 309 g/mol. The van der Waals surface area contributed by atoms with Crippen LogP contribution in [0.1, 0.15) is 25.5 Å². The number of carbonyl (C=O) groups excluding carboxylic acids is 1. The van der Waals surface area contributed by atoms with Crippen molar-refractivity contribution >= 4 is 5.97 Å². The lowest BCUT2D eigenvalue weighted by Crippen LogP contribution is -2.42. The standard InChI is InChI=1S/C15H23N3O4/c1-4-22-14(20)11-6-5-7-18(9-11)10-12-8-13(19)17(3)15(21)16(12)2/h8,11H,4-7,9-10H2,1-3H3. The first-order valence-electron chi connectivity index (χ1n) is 7.59.